The molecule has 0 aliphatic carbocycles. The largest absolute Gasteiger partial charge is 0.471 e. The van der Waals surface area contributed by atoms with E-state index in [2.05, 4.69) is 10.2 Å². The molecule has 1 fully saturated rings. The quantitative estimate of drug-likeness (QED) is 0.595. The predicted octanol–water partition coefficient (Wildman–Crippen LogP) is 2.26. The van der Waals surface area contributed by atoms with Gasteiger partial charge in [-0.05, 0) is 43.2 Å². The Balaban J connectivity index is 1.65. The van der Waals surface area contributed by atoms with E-state index in [4.69, 9.17) is 4.74 Å². The normalized spacial score (nSPS) is 16.8. The predicted molar refractivity (Wildman–Crippen MR) is 122 cm³/mol. The number of likely N-dealkylation sites (tertiary alicyclic amines) is 1. The van der Waals surface area contributed by atoms with Gasteiger partial charge in [-0.25, -0.2) is 8.42 Å². The van der Waals surface area contributed by atoms with Gasteiger partial charge in [0, 0.05) is 45.4 Å². The summed E-state index contributed by atoms with van der Waals surface area (Å²) in [5.41, 5.74) is 0.458. The lowest BCUT2D eigenvalue weighted by molar-refractivity contribution is 0.0525. The lowest BCUT2D eigenvalue weighted by Gasteiger charge is -2.32. The van der Waals surface area contributed by atoms with Gasteiger partial charge < -0.3 is 14.5 Å². The van der Waals surface area contributed by atoms with Crippen LogP contribution in [0.2, 0.25) is 0 Å². The Morgan fingerprint density at radius 3 is 2.34 bits per heavy atom. The van der Waals surface area contributed by atoms with Crippen LogP contribution in [-0.4, -0.2) is 80.1 Å². The highest BCUT2D eigenvalue weighted by atomic mass is 32.2. The van der Waals surface area contributed by atoms with E-state index in [0.29, 0.717) is 37.6 Å². The SMILES string of the molecule is CCN(CC)S(=O)(=O)c1ccc(C(=O)N2CCCC(Oc3ccc(N(C)C)nn3)C2)cc1. The number of hydrogen-bond donors (Lipinski definition) is 0. The summed E-state index contributed by atoms with van der Waals surface area (Å²) >= 11 is 0. The smallest absolute Gasteiger partial charge is 0.253 e. The first-order chi connectivity index (χ1) is 15.3. The van der Waals surface area contributed by atoms with Crippen molar-refractivity contribution in [3.8, 4) is 5.88 Å². The standard InChI is InChI=1S/C22H31N5O4S/c1-5-27(6-2)32(29,30)19-11-9-17(10-12-19)22(28)26-15-7-8-18(16-26)31-21-14-13-20(23-24-21)25(3)4/h9-14,18H,5-8,15-16H2,1-4H3. The van der Waals surface area contributed by atoms with Crippen molar-refractivity contribution in [1.29, 1.82) is 0 Å². The van der Waals surface area contributed by atoms with Gasteiger partial charge in [0.05, 0.1) is 11.4 Å². The van der Waals surface area contributed by atoms with Gasteiger partial charge >= 0.3 is 0 Å². The molecule has 2 heterocycles. The molecule has 0 bridgehead atoms. The summed E-state index contributed by atoms with van der Waals surface area (Å²) in [7, 11) is 0.231. The van der Waals surface area contributed by atoms with E-state index in [1.165, 1.54) is 16.4 Å². The molecule has 1 aromatic carbocycles. The molecular formula is C22H31N5O4S. The number of ether oxygens (including phenoxy) is 1. The molecule has 9 nitrogen and oxygen atoms in total. The minimum atomic E-state index is -3.55. The third-order valence-corrected chi connectivity index (χ3v) is 7.55. The van der Waals surface area contributed by atoms with Gasteiger partial charge in [-0.15, -0.1) is 10.2 Å². The van der Waals surface area contributed by atoms with Crippen molar-refractivity contribution in [3.05, 3.63) is 42.0 Å². The minimum absolute atomic E-state index is 0.140. The van der Waals surface area contributed by atoms with Crippen molar-refractivity contribution < 1.29 is 17.9 Å². The second-order valence-corrected chi connectivity index (χ2v) is 9.81. The van der Waals surface area contributed by atoms with Crippen LogP contribution in [0.3, 0.4) is 0 Å². The van der Waals surface area contributed by atoms with E-state index in [0.717, 1.165) is 18.7 Å². The molecule has 1 saturated heterocycles. The number of piperidine rings is 1. The number of carbonyl (C=O) groups excluding carboxylic acids is 1. The van der Waals surface area contributed by atoms with Crippen LogP contribution in [-0.2, 0) is 10.0 Å². The van der Waals surface area contributed by atoms with Crippen molar-refractivity contribution in [2.75, 3.05) is 45.2 Å². The highest BCUT2D eigenvalue weighted by molar-refractivity contribution is 7.89. The summed E-state index contributed by atoms with van der Waals surface area (Å²) in [6.07, 6.45) is 1.46. The molecule has 1 amide bonds. The van der Waals surface area contributed by atoms with Gasteiger partial charge in [0.1, 0.15) is 6.10 Å². The summed E-state index contributed by atoms with van der Waals surface area (Å²) in [4.78, 5) is 16.8. The Bertz CT molecular complexity index is 1010. The molecule has 2 aromatic rings. The van der Waals surface area contributed by atoms with E-state index in [1.807, 2.05) is 25.1 Å². The first kappa shape index (κ1) is 23.9. The van der Waals surface area contributed by atoms with Gasteiger partial charge in [0.25, 0.3) is 5.91 Å². The molecule has 3 rings (SSSR count). The Morgan fingerprint density at radius 1 is 1.09 bits per heavy atom. The number of benzene rings is 1. The molecule has 0 radical (unpaired) electrons. The van der Waals surface area contributed by atoms with Crippen LogP contribution in [0, 0.1) is 0 Å². The number of rotatable bonds is 8. The Kier molecular flexibility index (Phi) is 7.68. The molecule has 0 saturated carbocycles. The van der Waals surface area contributed by atoms with E-state index >= 15 is 0 Å². The van der Waals surface area contributed by atoms with Crippen molar-refractivity contribution >= 4 is 21.7 Å². The number of carbonyl (C=O) groups is 1. The summed E-state index contributed by atoms with van der Waals surface area (Å²) in [6.45, 7) is 5.47. The number of hydrogen-bond acceptors (Lipinski definition) is 7. The molecular weight excluding hydrogens is 430 g/mol. The van der Waals surface area contributed by atoms with Gasteiger partial charge in [0.15, 0.2) is 5.82 Å². The fourth-order valence-corrected chi connectivity index (χ4v) is 5.13. The zero-order valence-electron chi connectivity index (χ0n) is 19.1. The number of amides is 1. The van der Waals surface area contributed by atoms with Crippen LogP contribution in [0.25, 0.3) is 0 Å². The number of aromatic nitrogens is 2. The maximum atomic E-state index is 13.0. The summed E-state index contributed by atoms with van der Waals surface area (Å²) in [5, 5.41) is 8.22. The second-order valence-electron chi connectivity index (χ2n) is 7.87. The number of nitrogens with zero attached hydrogens (tertiary/aromatic N) is 5. The van der Waals surface area contributed by atoms with E-state index in [1.54, 1.807) is 36.9 Å². The van der Waals surface area contributed by atoms with Gasteiger partial charge in [0.2, 0.25) is 15.9 Å². The fraction of sp³-hybridized carbons (Fsp3) is 0.500. The summed E-state index contributed by atoms with van der Waals surface area (Å²) < 4.78 is 32.6. The molecule has 0 N–H and O–H groups in total. The molecule has 1 aromatic heterocycles. The van der Waals surface area contributed by atoms with E-state index in [9.17, 15) is 13.2 Å². The van der Waals surface area contributed by atoms with Crippen LogP contribution >= 0.6 is 0 Å². The third kappa shape index (κ3) is 5.36. The molecule has 1 unspecified atom stereocenters. The first-order valence-corrected chi connectivity index (χ1v) is 12.3. The Labute approximate surface area is 190 Å². The highest BCUT2D eigenvalue weighted by Crippen LogP contribution is 2.21. The van der Waals surface area contributed by atoms with Crippen LogP contribution in [0.5, 0.6) is 5.88 Å². The molecule has 1 atom stereocenters. The van der Waals surface area contributed by atoms with Crippen LogP contribution < -0.4 is 9.64 Å². The van der Waals surface area contributed by atoms with Crippen LogP contribution in [0.15, 0.2) is 41.3 Å². The first-order valence-electron chi connectivity index (χ1n) is 10.8. The lowest BCUT2D eigenvalue weighted by Crippen LogP contribution is -2.44. The van der Waals surface area contributed by atoms with Crippen LogP contribution in [0.1, 0.15) is 37.0 Å². The summed E-state index contributed by atoms with van der Waals surface area (Å²) in [5.74, 6) is 1.03. The molecule has 32 heavy (non-hydrogen) atoms. The minimum Gasteiger partial charge on any atom is -0.471 e. The summed E-state index contributed by atoms with van der Waals surface area (Å²) in [6, 6.07) is 9.77. The monoisotopic (exact) mass is 461 g/mol. The van der Waals surface area contributed by atoms with Crippen molar-refractivity contribution in [2.24, 2.45) is 0 Å². The van der Waals surface area contributed by atoms with Gasteiger partial charge in [-0.1, -0.05) is 13.8 Å². The molecule has 1 aliphatic rings. The molecule has 174 valence electrons. The average molecular weight is 462 g/mol. The third-order valence-electron chi connectivity index (χ3n) is 5.48. The zero-order valence-corrected chi connectivity index (χ0v) is 19.9. The number of sulfonamides is 1. The van der Waals surface area contributed by atoms with Gasteiger partial charge in [-0.2, -0.15) is 4.31 Å². The average Bonchev–Trinajstić information content (AvgIpc) is 2.80. The highest BCUT2D eigenvalue weighted by Gasteiger charge is 2.27. The number of anilines is 1. The topological polar surface area (TPSA) is 95.9 Å². The van der Waals surface area contributed by atoms with Crippen molar-refractivity contribution in [3.63, 3.8) is 0 Å². The molecule has 0 spiro atoms. The maximum absolute atomic E-state index is 13.0. The molecule has 1 aliphatic heterocycles. The Morgan fingerprint density at radius 2 is 1.78 bits per heavy atom. The maximum Gasteiger partial charge on any atom is 0.253 e. The van der Waals surface area contributed by atoms with E-state index in [-0.39, 0.29) is 16.9 Å². The fourth-order valence-electron chi connectivity index (χ4n) is 3.67. The van der Waals surface area contributed by atoms with Crippen molar-refractivity contribution in [2.45, 2.75) is 37.7 Å². The molecule has 10 heteroatoms. The second kappa shape index (κ2) is 10.3. The van der Waals surface area contributed by atoms with Crippen LogP contribution in [0.4, 0.5) is 5.82 Å². The zero-order chi connectivity index (χ0) is 23.3. The van der Waals surface area contributed by atoms with E-state index < -0.39 is 10.0 Å². The lowest BCUT2D eigenvalue weighted by atomic mass is 10.1. The Hall–Kier alpha value is -2.72. The van der Waals surface area contributed by atoms with Gasteiger partial charge in [-0.3, -0.25) is 4.79 Å². The van der Waals surface area contributed by atoms with Crippen molar-refractivity contribution in [1.82, 2.24) is 19.4 Å².